The van der Waals surface area contributed by atoms with E-state index in [0.29, 0.717) is 17.9 Å². The highest BCUT2D eigenvalue weighted by Crippen LogP contribution is 2.33. The number of non-ortho nitro benzene ring substituents is 1. The van der Waals surface area contributed by atoms with Crippen molar-refractivity contribution in [2.75, 3.05) is 5.32 Å². The summed E-state index contributed by atoms with van der Waals surface area (Å²) in [6.45, 7) is 6.54. The van der Waals surface area contributed by atoms with E-state index >= 15 is 0 Å². The SMILES string of the molecule is Cc1ccc([N+](=O)[O-])cc1NC1CCCCC1C(C)C. The van der Waals surface area contributed by atoms with Gasteiger partial charge in [0.15, 0.2) is 0 Å². The van der Waals surface area contributed by atoms with Crippen LogP contribution in [0.5, 0.6) is 0 Å². The minimum atomic E-state index is -0.328. The Hall–Kier alpha value is -1.58. The molecule has 4 heteroatoms. The molecule has 1 aliphatic rings. The molecule has 2 unspecified atom stereocenters. The predicted molar refractivity (Wildman–Crippen MR) is 82.0 cm³/mol. The first-order valence-corrected chi connectivity index (χ1v) is 7.50. The number of nitro groups is 1. The van der Waals surface area contributed by atoms with Gasteiger partial charge in [0.05, 0.1) is 4.92 Å². The van der Waals surface area contributed by atoms with Gasteiger partial charge >= 0.3 is 0 Å². The fourth-order valence-electron chi connectivity index (χ4n) is 3.22. The second kappa shape index (κ2) is 6.25. The van der Waals surface area contributed by atoms with Crippen molar-refractivity contribution >= 4 is 11.4 Å². The van der Waals surface area contributed by atoms with Gasteiger partial charge in [-0.15, -0.1) is 0 Å². The average molecular weight is 276 g/mol. The lowest BCUT2D eigenvalue weighted by molar-refractivity contribution is -0.384. The lowest BCUT2D eigenvalue weighted by Crippen LogP contribution is -2.35. The molecule has 0 amide bonds. The molecule has 1 saturated carbocycles. The third-order valence-corrected chi connectivity index (χ3v) is 4.45. The van der Waals surface area contributed by atoms with Gasteiger partial charge in [-0.2, -0.15) is 0 Å². The molecule has 0 aromatic heterocycles. The molecule has 1 fully saturated rings. The molecule has 20 heavy (non-hydrogen) atoms. The maximum atomic E-state index is 10.9. The van der Waals surface area contributed by atoms with E-state index < -0.39 is 0 Å². The summed E-state index contributed by atoms with van der Waals surface area (Å²) in [4.78, 5) is 10.6. The molecule has 1 aromatic carbocycles. The number of benzene rings is 1. The molecule has 0 spiro atoms. The van der Waals surface area contributed by atoms with Gasteiger partial charge in [0, 0.05) is 23.9 Å². The van der Waals surface area contributed by atoms with Gasteiger partial charge in [0.1, 0.15) is 0 Å². The Morgan fingerprint density at radius 2 is 2.00 bits per heavy atom. The van der Waals surface area contributed by atoms with Crippen LogP contribution in [0.2, 0.25) is 0 Å². The Labute approximate surface area is 120 Å². The van der Waals surface area contributed by atoms with Gasteiger partial charge < -0.3 is 5.32 Å². The number of hydrogen-bond donors (Lipinski definition) is 1. The third kappa shape index (κ3) is 3.30. The number of hydrogen-bond acceptors (Lipinski definition) is 3. The van der Waals surface area contributed by atoms with Crippen LogP contribution in [0.4, 0.5) is 11.4 Å². The van der Waals surface area contributed by atoms with Crippen LogP contribution in [0.15, 0.2) is 18.2 Å². The Morgan fingerprint density at radius 1 is 1.30 bits per heavy atom. The van der Waals surface area contributed by atoms with Gasteiger partial charge in [0.25, 0.3) is 5.69 Å². The second-order valence-corrected chi connectivity index (χ2v) is 6.20. The van der Waals surface area contributed by atoms with E-state index in [1.54, 1.807) is 12.1 Å². The quantitative estimate of drug-likeness (QED) is 0.649. The van der Waals surface area contributed by atoms with Crippen molar-refractivity contribution in [3.05, 3.63) is 33.9 Å². The molecule has 2 rings (SSSR count). The molecule has 110 valence electrons. The van der Waals surface area contributed by atoms with Crippen LogP contribution in [0.1, 0.15) is 45.1 Å². The van der Waals surface area contributed by atoms with Crippen molar-refractivity contribution in [3.8, 4) is 0 Å². The summed E-state index contributed by atoms with van der Waals surface area (Å²) in [6.07, 6.45) is 4.96. The molecule has 1 N–H and O–H groups in total. The van der Waals surface area contributed by atoms with Crippen molar-refractivity contribution in [3.63, 3.8) is 0 Å². The van der Waals surface area contributed by atoms with E-state index in [2.05, 4.69) is 19.2 Å². The topological polar surface area (TPSA) is 55.2 Å². The van der Waals surface area contributed by atoms with E-state index in [0.717, 1.165) is 17.7 Å². The Morgan fingerprint density at radius 3 is 2.65 bits per heavy atom. The molecule has 0 radical (unpaired) electrons. The summed E-state index contributed by atoms with van der Waals surface area (Å²) >= 11 is 0. The molecule has 0 bridgehead atoms. The number of aryl methyl sites for hydroxylation is 1. The van der Waals surface area contributed by atoms with Crippen molar-refractivity contribution in [2.45, 2.75) is 52.5 Å². The minimum absolute atomic E-state index is 0.162. The summed E-state index contributed by atoms with van der Waals surface area (Å²) in [5, 5.41) is 14.5. The normalized spacial score (nSPS) is 22.8. The van der Waals surface area contributed by atoms with Crippen LogP contribution in [0.3, 0.4) is 0 Å². The monoisotopic (exact) mass is 276 g/mol. The van der Waals surface area contributed by atoms with Crippen LogP contribution in [-0.4, -0.2) is 11.0 Å². The Balaban J connectivity index is 2.19. The highest BCUT2D eigenvalue weighted by atomic mass is 16.6. The number of anilines is 1. The van der Waals surface area contributed by atoms with Gasteiger partial charge in [-0.05, 0) is 37.2 Å². The number of nitrogens with one attached hydrogen (secondary N) is 1. The van der Waals surface area contributed by atoms with Crippen LogP contribution in [-0.2, 0) is 0 Å². The Kier molecular flexibility index (Phi) is 4.63. The predicted octanol–water partition coefficient (Wildman–Crippen LogP) is 4.53. The first-order valence-electron chi connectivity index (χ1n) is 7.50. The molecular formula is C16H24N2O2. The maximum Gasteiger partial charge on any atom is 0.271 e. The summed E-state index contributed by atoms with van der Waals surface area (Å²) in [5.41, 5.74) is 2.15. The number of nitro benzene ring substituents is 1. The second-order valence-electron chi connectivity index (χ2n) is 6.20. The van der Waals surface area contributed by atoms with Gasteiger partial charge in [-0.1, -0.05) is 32.8 Å². The molecule has 0 heterocycles. The summed E-state index contributed by atoms with van der Waals surface area (Å²) in [5.74, 6) is 1.30. The first kappa shape index (κ1) is 14.8. The molecule has 2 atom stereocenters. The lowest BCUT2D eigenvalue weighted by Gasteiger charge is -2.35. The van der Waals surface area contributed by atoms with Crippen molar-refractivity contribution in [2.24, 2.45) is 11.8 Å². The maximum absolute atomic E-state index is 10.9. The van der Waals surface area contributed by atoms with Gasteiger partial charge in [-0.25, -0.2) is 0 Å². The lowest BCUT2D eigenvalue weighted by atomic mass is 9.77. The zero-order valence-electron chi connectivity index (χ0n) is 12.6. The van der Waals surface area contributed by atoms with E-state index in [1.165, 1.54) is 19.3 Å². The van der Waals surface area contributed by atoms with E-state index in [-0.39, 0.29) is 10.6 Å². The van der Waals surface area contributed by atoms with Crippen LogP contribution < -0.4 is 5.32 Å². The van der Waals surface area contributed by atoms with Crippen LogP contribution >= 0.6 is 0 Å². The van der Waals surface area contributed by atoms with E-state index in [4.69, 9.17) is 0 Å². The minimum Gasteiger partial charge on any atom is -0.382 e. The third-order valence-electron chi connectivity index (χ3n) is 4.45. The van der Waals surface area contributed by atoms with Gasteiger partial charge in [-0.3, -0.25) is 10.1 Å². The average Bonchev–Trinajstić information content (AvgIpc) is 2.41. The first-order chi connectivity index (χ1) is 9.49. The molecule has 0 aliphatic heterocycles. The van der Waals surface area contributed by atoms with Crippen LogP contribution in [0, 0.1) is 28.9 Å². The number of rotatable bonds is 4. The van der Waals surface area contributed by atoms with Gasteiger partial charge in [0.2, 0.25) is 0 Å². The van der Waals surface area contributed by atoms with Crippen molar-refractivity contribution < 1.29 is 4.92 Å². The molecular weight excluding hydrogens is 252 g/mol. The van der Waals surface area contributed by atoms with Crippen molar-refractivity contribution in [1.82, 2.24) is 0 Å². The fourth-order valence-corrected chi connectivity index (χ4v) is 3.22. The van der Waals surface area contributed by atoms with E-state index in [1.807, 2.05) is 13.0 Å². The van der Waals surface area contributed by atoms with Crippen molar-refractivity contribution in [1.29, 1.82) is 0 Å². The largest absolute Gasteiger partial charge is 0.382 e. The highest BCUT2D eigenvalue weighted by Gasteiger charge is 2.27. The summed E-state index contributed by atoms with van der Waals surface area (Å²) in [7, 11) is 0. The molecule has 0 saturated heterocycles. The zero-order chi connectivity index (χ0) is 14.7. The summed E-state index contributed by atoms with van der Waals surface area (Å²) in [6, 6.07) is 5.50. The molecule has 4 nitrogen and oxygen atoms in total. The van der Waals surface area contributed by atoms with E-state index in [9.17, 15) is 10.1 Å². The highest BCUT2D eigenvalue weighted by molar-refractivity contribution is 5.57. The zero-order valence-corrected chi connectivity index (χ0v) is 12.6. The molecule has 1 aromatic rings. The fraction of sp³-hybridized carbons (Fsp3) is 0.625. The smallest absolute Gasteiger partial charge is 0.271 e. The molecule has 1 aliphatic carbocycles. The number of nitrogens with zero attached hydrogens (tertiary/aromatic N) is 1. The summed E-state index contributed by atoms with van der Waals surface area (Å²) < 4.78 is 0. The standard InChI is InChI=1S/C16H24N2O2/c1-11(2)14-6-4-5-7-15(14)17-16-10-13(18(19)20)9-8-12(16)3/h8-11,14-15,17H,4-7H2,1-3H3. The Bertz CT molecular complexity index is 485. The van der Waals surface area contributed by atoms with Crippen LogP contribution in [0.25, 0.3) is 0 Å².